The lowest BCUT2D eigenvalue weighted by atomic mass is 9.99. The van der Waals surface area contributed by atoms with E-state index in [-0.39, 0.29) is 11.8 Å². The molecule has 128 valence electrons. The van der Waals surface area contributed by atoms with E-state index in [0.29, 0.717) is 17.8 Å². The van der Waals surface area contributed by atoms with Gasteiger partial charge < -0.3 is 15.7 Å². The highest BCUT2D eigenvalue weighted by Gasteiger charge is 2.18. The molecule has 2 amide bonds. The summed E-state index contributed by atoms with van der Waals surface area (Å²) in [7, 11) is 0. The van der Waals surface area contributed by atoms with Crippen LogP contribution in [0.25, 0.3) is 11.1 Å². The second kappa shape index (κ2) is 7.17. The monoisotopic (exact) mass is 337 g/mol. The minimum Gasteiger partial charge on any atom is -0.465 e. The van der Waals surface area contributed by atoms with E-state index in [0.717, 1.165) is 11.1 Å². The van der Waals surface area contributed by atoms with Crippen LogP contribution >= 0.6 is 0 Å². The predicted octanol–water partition coefficient (Wildman–Crippen LogP) is 3.59. The Morgan fingerprint density at radius 3 is 2.92 bits per heavy atom. The van der Waals surface area contributed by atoms with Gasteiger partial charge in [0, 0.05) is 17.4 Å². The number of hydrogen-bond donors (Lipinski definition) is 3. The fraction of sp³-hybridized carbons (Fsp3) is 0.211. The molecule has 2 heterocycles. The Morgan fingerprint density at radius 2 is 2.12 bits per heavy atom. The first-order valence-electron chi connectivity index (χ1n) is 8.07. The number of aromatic nitrogens is 1. The van der Waals surface area contributed by atoms with Crippen LogP contribution in [0.3, 0.4) is 0 Å². The van der Waals surface area contributed by atoms with Crippen molar-refractivity contribution in [2.75, 3.05) is 5.32 Å². The van der Waals surface area contributed by atoms with E-state index < -0.39 is 12.1 Å². The van der Waals surface area contributed by atoms with Gasteiger partial charge >= 0.3 is 6.09 Å². The molecule has 6 nitrogen and oxygen atoms in total. The molecule has 6 heteroatoms. The summed E-state index contributed by atoms with van der Waals surface area (Å²) in [5.74, 6) is -0.439. The minimum atomic E-state index is -1.11. The van der Waals surface area contributed by atoms with Crippen LogP contribution in [0.1, 0.15) is 25.1 Å². The number of carbonyl (C=O) groups is 2. The van der Waals surface area contributed by atoms with Gasteiger partial charge in [0.05, 0.1) is 17.7 Å². The molecule has 0 unspecified atom stereocenters. The molecular weight excluding hydrogens is 318 g/mol. The van der Waals surface area contributed by atoms with E-state index in [4.69, 9.17) is 5.11 Å². The zero-order valence-electron chi connectivity index (χ0n) is 13.8. The zero-order chi connectivity index (χ0) is 17.8. The molecule has 1 aliphatic heterocycles. The zero-order valence-corrected chi connectivity index (χ0v) is 13.8. The van der Waals surface area contributed by atoms with E-state index in [2.05, 4.69) is 15.6 Å². The first-order valence-corrected chi connectivity index (χ1v) is 8.07. The van der Waals surface area contributed by atoms with Gasteiger partial charge in [-0.15, -0.1) is 0 Å². The first kappa shape index (κ1) is 16.7. The van der Waals surface area contributed by atoms with Gasteiger partial charge in [-0.1, -0.05) is 37.3 Å². The number of para-hydroxylation sites is 1. The van der Waals surface area contributed by atoms with Crippen LogP contribution in [0, 0.1) is 5.92 Å². The van der Waals surface area contributed by atoms with Crippen LogP contribution in [-0.2, 0) is 4.79 Å². The number of carboxylic acid groups (broad SMARTS) is 1. The van der Waals surface area contributed by atoms with E-state index in [1.807, 2.05) is 42.5 Å². The summed E-state index contributed by atoms with van der Waals surface area (Å²) in [6.07, 6.45) is 4.55. The molecule has 2 aromatic rings. The van der Waals surface area contributed by atoms with Crippen molar-refractivity contribution >= 4 is 17.7 Å². The van der Waals surface area contributed by atoms with Crippen LogP contribution in [0.2, 0.25) is 0 Å². The van der Waals surface area contributed by atoms with Crippen molar-refractivity contribution in [1.29, 1.82) is 0 Å². The van der Waals surface area contributed by atoms with Gasteiger partial charge in [-0.25, -0.2) is 4.79 Å². The van der Waals surface area contributed by atoms with Crippen molar-refractivity contribution in [3.8, 4) is 11.1 Å². The minimum absolute atomic E-state index is 0.110. The molecule has 2 atom stereocenters. The maximum Gasteiger partial charge on any atom is 0.405 e. The molecule has 1 aromatic heterocycles. The SMILES string of the molecule is C[C@@H]1C=CC[C@H](NC(=O)O)c2cc(ccn2)-c2ccccc2NC1=O. The molecule has 3 N–H and O–H groups in total. The van der Waals surface area contributed by atoms with Crippen LogP contribution in [-0.4, -0.2) is 22.1 Å². The standard InChI is InChI=1S/C19H19N3O3/c1-12-5-4-8-16(22-19(24)25)17-11-13(9-10-20-17)14-6-2-3-7-15(14)21-18(12)23/h2-7,9-12,16,22H,8H2,1H3,(H,21,23)(H,24,25)/t12-,16+/m1/s1. The highest BCUT2D eigenvalue weighted by molar-refractivity contribution is 5.97. The van der Waals surface area contributed by atoms with E-state index in [1.54, 1.807) is 19.2 Å². The Labute approximate surface area is 145 Å². The number of nitrogens with one attached hydrogen (secondary N) is 2. The number of benzene rings is 1. The number of fused-ring (bicyclic) bond motifs is 4. The molecule has 0 radical (unpaired) electrons. The van der Waals surface area contributed by atoms with Crippen LogP contribution < -0.4 is 10.6 Å². The smallest absolute Gasteiger partial charge is 0.405 e. The van der Waals surface area contributed by atoms with Gasteiger partial charge in [0.1, 0.15) is 0 Å². The summed E-state index contributed by atoms with van der Waals surface area (Å²) in [6, 6.07) is 10.7. The second-order valence-corrected chi connectivity index (χ2v) is 5.96. The lowest BCUT2D eigenvalue weighted by molar-refractivity contribution is -0.118. The third-order valence-electron chi connectivity index (χ3n) is 4.14. The molecule has 1 aliphatic rings. The molecule has 0 saturated heterocycles. The number of pyridine rings is 1. The van der Waals surface area contributed by atoms with Crippen molar-refractivity contribution in [3.05, 3.63) is 60.4 Å². The van der Waals surface area contributed by atoms with Gasteiger partial charge in [-0.05, 0) is 30.2 Å². The molecule has 0 spiro atoms. The van der Waals surface area contributed by atoms with Gasteiger partial charge in [-0.3, -0.25) is 9.78 Å². The maximum absolute atomic E-state index is 12.4. The number of hydrogen-bond acceptors (Lipinski definition) is 3. The summed E-state index contributed by atoms with van der Waals surface area (Å²) in [6.45, 7) is 1.80. The number of anilines is 1. The van der Waals surface area contributed by atoms with Gasteiger partial charge in [0.25, 0.3) is 0 Å². The van der Waals surface area contributed by atoms with Crippen LogP contribution in [0.4, 0.5) is 10.5 Å². The van der Waals surface area contributed by atoms with E-state index in [9.17, 15) is 9.59 Å². The van der Waals surface area contributed by atoms with E-state index in [1.165, 1.54) is 0 Å². The molecule has 3 rings (SSSR count). The molecule has 0 saturated carbocycles. The summed E-state index contributed by atoms with van der Waals surface area (Å²) in [4.78, 5) is 27.8. The van der Waals surface area contributed by atoms with E-state index >= 15 is 0 Å². The fourth-order valence-electron chi connectivity index (χ4n) is 2.81. The topological polar surface area (TPSA) is 91.3 Å². The van der Waals surface area contributed by atoms with Crippen molar-refractivity contribution in [2.24, 2.45) is 5.92 Å². The summed E-state index contributed by atoms with van der Waals surface area (Å²) < 4.78 is 0. The Bertz CT molecular complexity index is 832. The highest BCUT2D eigenvalue weighted by atomic mass is 16.4. The second-order valence-electron chi connectivity index (χ2n) is 5.96. The van der Waals surface area contributed by atoms with Crippen LogP contribution in [0.15, 0.2) is 54.7 Å². The van der Waals surface area contributed by atoms with Crippen molar-refractivity contribution in [1.82, 2.24) is 10.3 Å². The van der Waals surface area contributed by atoms with Crippen LogP contribution in [0.5, 0.6) is 0 Å². The van der Waals surface area contributed by atoms with Crippen molar-refractivity contribution in [2.45, 2.75) is 19.4 Å². The number of rotatable bonds is 1. The average Bonchev–Trinajstić information content (AvgIpc) is 2.60. The van der Waals surface area contributed by atoms with Crippen molar-refractivity contribution < 1.29 is 14.7 Å². The van der Waals surface area contributed by atoms with Gasteiger partial charge in [0.2, 0.25) is 5.91 Å². The van der Waals surface area contributed by atoms with Gasteiger partial charge in [-0.2, -0.15) is 0 Å². The molecule has 25 heavy (non-hydrogen) atoms. The first-order chi connectivity index (χ1) is 12.0. The quantitative estimate of drug-likeness (QED) is 0.694. The Hall–Kier alpha value is -3.15. The predicted molar refractivity (Wildman–Crippen MR) is 95.1 cm³/mol. The normalized spacial score (nSPS) is 19.8. The Morgan fingerprint density at radius 1 is 1.32 bits per heavy atom. The lowest BCUT2D eigenvalue weighted by Gasteiger charge is -2.18. The number of carbonyl (C=O) groups excluding carboxylic acids is 1. The highest BCUT2D eigenvalue weighted by Crippen LogP contribution is 2.30. The number of amides is 2. The Kier molecular flexibility index (Phi) is 4.79. The number of nitrogens with zero attached hydrogens (tertiary/aromatic N) is 1. The van der Waals surface area contributed by atoms with Gasteiger partial charge in [0.15, 0.2) is 0 Å². The summed E-state index contributed by atoms with van der Waals surface area (Å²) in [5, 5.41) is 14.6. The molecular formula is C19H19N3O3. The summed E-state index contributed by atoms with van der Waals surface area (Å²) >= 11 is 0. The summed E-state index contributed by atoms with van der Waals surface area (Å²) in [5.41, 5.74) is 3.09. The molecule has 0 aliphatic carbocycles. The fourth-order valence-corrected chi connectivity index (χ4v) is 2.81. The Balaban J connectivity index is 2.12. The maximum atomic E-state index is 12.4. The third-order valence-corrected chi connectivity index (χ3v) is 4.14. The third kappa shape index (κ3) is 3.85. The largest absolute Gasteiger partial charge is 0.465 e. The molecule has 0 fully saturated rings. The molecule has 2 bridgehead atoms. The average molecular weight is 337 g/mol. The lowest BCUT2D eigenvalue weighted by Crippen LogP contribution is -2.27. The van der Waals surface area contributed by atoms with Crippen molar-refractivity contribution in [3.63, 3.8) is 0 Å². The molecule has 1 aromatic carbocycles.